The number of hydrogen-bond donors (Lipinski definition) is 0. The summed E-state index contributed by atoms with van der Waals surface area (Å²) in [5.74, 6) is 12.6. The zero-order chi connectivity index (χ0) is 59.1. The molecule has 0 spiro atoms. The molecule has 0 aliphatic rings. The van der Waals surface area contributed by atoms with Crippen molar-refractivity contribution in [3.63, 3.8) is 0 Å². The molecule has 0 nitrogen and oxygen atoms in total. The van der Waals surface area contributed by atoms with E-state index in [1.807, 2.05) is 13.8 Å². The Labute approximate surface area is 479 Å². The summed E-state index contributed by atoms with van der Waals surface area (Å²) in [6, 6.07) is 34.5. The van der Waals surface area contributed by atoms with Crippen molar-refractivity contribution >= 4 is 6.08 Å². The third-order valence-electron chi connectivity index (χ3n) is 15.1. The van der Waals surface area contributed by atoms with Crippen LogP contribution in [0.25, 0.3) is 39.5 Å². The second-order valence-corrected chi connectivity index (χ2v) is 28.1. The molecule has 0 bridgehead atoms. The van der Waals surface area contributed by atoms with Crippen LogP contribution in [-0.2, 0) is 51.8 Å². The first kappa shape index (κ1) is 64.7. The van der Waals surface area contributed by atoms with Crippen LogP contribution in [0.5, 0.6) is 0 Å². The van der Waals surface area contributed by atoms with Gasteiger partial charge in [0.25, 0.3) is 0 Å². The topological polar surface area (TPSA) is 0 Å². The van der Waals surface area contributed by atoms with Crippen LogP contribution in [0.3, 0.4) is 0 Å². The summed E-state index contributed by atoms with van der Waals surface area (Å²) in [6.45, 7) is 61.1. The van der Waals surface area contributed by atoms with E-state index >= 15 is 0 Å². The number of allylic oxidation sites excluding steroid dienone is 1. The highest BCUT2D eigenvalue weighted by atomic mass is 14.3. The molecule has 6 aromatic rings. The summed E-state index contributed by atoms with van der Waals surface area (Å²) in [5.41, 5.74) is 29.3. The van der Waals surface area contributed by atoms with E-state index in [0.717, 1.165) is 30.4 Å². The Hall–Kier alpha value is -5.82. The molecular weight excluding hydrogens is 937 g/mol. The fourth-order valence-electron chi connectivity index (χ4n) is 11.2. The van der Waals surface area contributed by atoms with Gasteiger partial charge in [-0.2, -0.15) is 0 Å². The molecular formula is C78H104. The van der Waals surface area contributed by atoms with Gasteiger partial charge in [-0.15, -0.1) is 11.8 Å². The lowest BCUT2D eigenvalue weighted by Crippen LogP contribution is -2.21. The van der Waals surface area contributed by atoms with Gasteiger partial charge < -0.3 is 0 Å². The Morgan fingerprint density at radius 2 is 0.679 bits per heavy atom. The molecule has 0 N–H and O–H groups in total. The van der Waals surface area contributed by atoms with E-state index in [9.17, 15) is 0 Å². The molecule has 0 saturated heterocycles. The van der Waals surface area contributed by atoms with Crippen molar-refractivity contribution in [1.29, 1.82) is 0 Å². The van der Waals surface area contributed by atoms with Gasteiger partial charge in [0.1, 0.15) is 0 Å². The molecule has 0 heterocycles. The van der Waals surface area contributed by atoms with Crippen molar-refractivity contribution in [2.75, 3.05) is 0 Å². The predicted octanol–water partition coefficient (Wildman–Crippen LogP) is 22.2. The van der Waals surface area contributed by atoms with E-state index in [1.165, 1.54) is 106 Å². The fourth-order valence-corrected chi connectivity index (χ4v) is 11.2. The van der Waals surface area contributed by atoms with E-state index < -0.39 is 0 Å². The van der Waals surface area contributed by atoms with Crippen LogP contribution in [0, 0.1) is 44.5 Å². The van der Waals surface area contributed by atoms with Crippen LogP contribution in [-0.4, -0.2) is 0 Å². The Bertz CT molecular complexity index is 3110. The molecule has 0 radical (unpaired) electrons. The minimum Gasteiger partial charge on any atom is -0.101 e. The highest BCUT2D eigenvalue weighted by molar-refractivity contribution is 5.78. The molecule has 0 heteroatoms. The van der Waals surface area contributed by atoms with Crippen LogP contribution >= 0.6 is 0 Å². The van der Waals surface area contributed by atoms with Gasteiger partial charge in [-0.05, 0) is 200 Å². The number of rotatable bonds is 7. The van der Waals surface area contributed by atoms with Crippen molar-refractivity contribution in [3.05, 3.63) is 181 Å². The van der Waals surface area contributed by atoms with Crippen molar-refractivity contribution in [1.82, 2.24) is 0 Å². The Balaban J connectivity index is 0.000000252. The number of benzene rings is 6. The zero-order valence-electron chi connectivity index (χ0n) is 54.4. The summed E-state index contributed by atoms with van der Waals surface area (Å²) in [7, 11) is 0. The summed E-state index contributed by atoms with van der Waals surface area (Å²) in [5, 5.41) is 0. The molecule has 6 aromatic carbocycles. The summed E-state index contributed by atoms with van der Waals surface area (Å²) < 4.78 is 0. The van der Waals surface area contributed by atoms with Crippen LogP contribution < -0.4 is 0 Å². The average molecular weight is 1040 g/mol. The van der Waals surface area contributed by atoms with Gasteiger partial charge in [0.2, 0.25) is 0 Å². The molecule has 0 saturated carbocycles. The fraction of sp³-hybridized carbons (Fsp3) is 0.462. The van der Waals surface area contributed by atoms with Crippen LogP contribution in [0.15, 0.2) is 97.1 Å². The highest BCUT2D eigenvalue weighted by Gasteiger charge is 2.29. The van der Waals surface area contributed by atoms with Crippen LogP contribution in [0.4, 0.5) is 0 Å². The van der Waals surface area contributed by atoms with Crippen molar-refractivity contribution in [3.8, 4) is 57.1 Å². The Morgan fingerprint density at radius 3 is 1.01 bits per heavy atom. The van der Waals surface area contributed by atoms with Gasteiger partial charge in [-0.25, -0.2) is 0 Å². The first-order valence-electron chi connectivity index (χ1n) is 29.3. The van der Waals surface area contributed by atoms with E-state index in [1.54, 1.807) is 0 Å². The molecule has 6 rings (SSSR count). The molecule has 416 valence electrons. The largest absolute Gasteiger partial charge is 0.101 e. The van der Waals surface area contributed by atoms with E-state index in [2.05, 4.69) is 300 Å². The standard InChI is InChI=1S/C26H34.C26H36.C26H34/c1-10-12-19-13-14-20(15-18(19)3)21-16-23(25(4,5)6)22(11-2)24(17-21)26(7,8)9;2*1-10-12-19-14-13-18(3)15-22(19)20-16-23(25(4,5)6)21(11-2)24(17-20)26(7,8)9/h13-17H,11H2,1-9H3;10,12-17H,11H2,1-9H3;13-17H,11H2,1-9H3/b;12-10+;. The summed E-state index contributed by atoms with van der Waals surface area (Å²) >= 11 is 0. The summed E-state index contributed by atoms with van der Waals surface area (Å²) in [6.07, 6.45) is 7.56. The van der Waals surface area contributed by atoms with Crippen molar-refractivity contribution < 1.29 is 0 Å². The predicted molar refractivity (Wildman–Crippen MR) is 350 cm³/mol. The van der Waals surface area contributed by atoms with Crippen LogP contribution in [0.2, 0.25) is 0 Å². The molecule has 0 aliphatic carbocycles. The highest BCUT2D eigenvalue weighted by Crippen LogP contribution is 2.43. The van der Waals surface area contributed by atoms with Crippen LogP contribution in [0.1, 0.15) is 250 Å². The maximum Gasteiger partial charge on any atom is 0.0323 e. The molecule has 0 aromatic heterocycles. The molecule has 0 amide bonds. The maximum absolute atomic E-state index is 3.30. The lowest BCUT2D eigenvalue weighted by molar-refractivity contribution is 0.556. The van der Waals surface area contributed by atoms with Gasteiger partial charge in [-0.1, -0.05) is 259 Å². The SMILES string of the molecule is C/C=C/c1ccc(C)cc1-c1cc(C(C)(C)C)c(CC)c(C(C)(C)C)c1.CC#Cc1ccc(-c2cc(C(C)(C)C)c(CC)c(C(C)(C)C)c2)cc1C.CC#Cc1ccc(C)cc1-c1cc(C(C)(C)C)c(CC)c(C(C)(C)C)c1. The smallest absolute Gasteiger partial charge is 0.0323 e. The van der Waals surface area contributed by atoms with Gasteiger partial charge in [0.05, 0.1) is 0 Å². The lowest BCUT2D eigenvalue weighted by Gasteiger charge is -2.31. The molecule has 0 aliphatic heterocycles. The first-order valence-corrected chi connectivity index (χ1v) is 29.3. The molecule has 0 fully saturated rings. The van der Waals surface area contributed by atoms with E-state index in [-0.39, 0.29) is 32.5 Å². The molecule has 78 heavy (non-hydrogen) atoms. The van der Waals surface area contributed by atoms with Crippen molar-refractivity contribution in [2.45, 2.75) is 239 Å². The second kappa shape index (κ2) is 25.5. The third kappa shape index (κ3) is 16.2. The monoisotopic (exact) mass is 1040 g/mol. The Morgan fingerprint density at radius 1 is 0.359 bits per heavy atom. The average Bonchev–Trinajstić information content (AvgIpc) is 3.34. The minimum absolute atomic E-state index is 0.113. The van der Waals surface area contributed by atoms with Crippen molar-refractivity contribution in [2.24, 2.45) is 0 Å². The quantitative estimate of drug-likeness (QED) is 0.140. The molecule has 0 atom stereocenters. The minimum atomic E-state index is 0.113. The van der Waals surface area contributed by atoms with E-state index in [0.29, 0.717) is 0 Å². The normalized spacial score (nSPS) is 12.2. The Kier molecular flexibility index (Phi) is 21.2. The second-order valence-electron chi connectivity index (χ2n) is 28.1. The zero-order valence-corrected chi connectivity index (χ0v) is 54.4. The van der Waals surface area contributed by atoms with Gasteiger partial charge >= 0.3 is 0 Å². The molecule has 0 unspecified atom stereocenters. The third-order valence-corrected chi connectivity index (χ3v) is 15.1. The number of aryl methyl sites for hydroxylation is 3. The van der Waals surface area contributed by atoms with Gasteiger partial charge in [0, 0.05) is 11.1 Å². The maximum atomic E-state index is 3.30. The van der Waals surface area contributed by atoms with E-state index in [4.69, 9.17) is 0 Å². The summed E-state index contributed by atoms with van der Waals surface area (Å²) in [4.78, 5) is 0. The van der Waals surface area contributed by atoms with Gasteiger partial charge in [-0.3, -0.25) is 0 Å². The first-order chi connectivity index (χ1) is 36.0. The lowest BCUT2D eigenvalue weighted by atomic mass is 9.74. The number of hydrogen-bond acceptors (Lipinski definition) is 0. The van der Waals surface area contributed by atoms with Gasteiger partial charge in [0.15, 0.2) is 0 Å².